The fourth-order valence-corrected chi connectivity index (χ4v) is 4.00. The smallest absolute Gasteiger partial charge is 0.183 e. The van der Waals surface area contributed by atoms with E-state index in [1.54, 1.807) is 11.3 Å². The summed E-state index contributed by atoms with van der Waals surface area (Å²) in [6, 6.07) is 0.476. The van der Waals surface area contributed by atoms with Crippen LogP contribution in [0, 0.1) is 6.92 Å². The number of hydrogen-bond acceptors (Lipinski definition) is 5. The fraction of sp³-hybridized carbons (Fsp3) is 0.571. The lowest BCUT2D eigenvalue weighted by atomic mass is 10.3. The number of nitrogens with one attached hydrogen (secondary N) is 1. The van der Waals surface area contributed by atoms with Crippen LogP contribution in [-0.2, 0) is 0 Å². The van der Waals surface area contributed by atoms with Gasteiger partial charge in [-0.25, -0.2) is 9.97 Å². The van der Waals surface area contributed by atoms with Crippen LogP contribution in [0.5, 0.6) is 0 Å². The van der Waals surface area contributed by atoms with E-state index >= 15 is 0 Å². The lowest BCUT2D eigenvalue weighted by Gasteiger charge is -2.08. The molecule has 0 aromatic carbocycles. The average Bonchev–Trinajstić information content (AvgIpc) is 3.03. The van der Waals surface area contributed by atoms with E-state index in [1.807, 2.05) is 11.3 Å². The van der Waals surface area contributed by atoms with Crippen LogP contribution < -0.4 is 5.32 Å². The highest BCUT2D eigenvalue weighted by atomic mass is 32.1. The Hall–Kier alpha value is -0.940. The molecule has 0 aliphatic heterocycles. The molecule has 1 aliphatic carbocycles. The van der Waals surface area contributed by atoms with E-state index in [0.717, 1.165) is 28.9 Å². The maximum absolute atomic E-state index is 4.70. The molecule has 0 bridgehead atoms. The zero-order valence-corrected chi connectivity index (χ0v) is 13.2. The number of aromatic nitrogens is 2. The Morgan fingerprint density at radius 1 is 1.42 bits per heavy atom. The largest absolute Gasteiger partial charge is 0.359 e. The van der Waals surface area contributed by atoms with Gasteiger partial charge in [0.1, 0.15) is 0 Å². The van der Waals surface area contributed by atoms with E-state index in [4.69, 9.17) is 9.97 Å². The highest BCUT2D eigenvalue weighted by Crippen LogP contribution is 2.44. The normalized spacial score (nSPS) is 16.6. The molecular weight excluding hydrogens is 274 g/mol. The maximum atomic E-state index is 4.70. The molecule has 0 saturated heterocycles. The second-order valence-electron chi connectivity index (χ2n) is 5.23. The molecule has 3 rings (SSSR count). The Bertz CT molecular complexity index is 569. The van der Waals surface area contributed by atoms with E-state index in [1.165, 1.54) is 22.7 Å². The molecule has 2 aromatic heterocycles. The van der Waals surface area contributed by atoms with Gasteiger partial charge in [-0.15, -0.1) is 22.7 Å². The third-order valence-corrected chi connectivity index (χ3v) is 5.57. The molecule has 19 heavy (non-hydrogen) atoms. The van der Waals surface area contributed by atoms with Crippen molar-refractivity contribution in [1.29, 1.82) is 0 Å². The van der Waals surface area contributed by atoms with E-state index in [2.05, 4.69) is 31.5 Å². The average molecular weight is 293 g/mol. The number of aryl methyl sites for hydroxylation is 1. The van der Waals surface area contributed by atoms with Gasteiger partial charge in [-0.3, -0.25) is 0 Å². The van der Waals surface area contributed by atoms with Crippen LogP contribution in [0.15, 0.2) is 5.38 Å². The third kappa shape index (κ3) is 2.82. The van der Waals surface area contributed by atoms with Crippen molar-refractivity contribution in [2.24, 2.45) is 0 Å². The summed E-state index contributed by atoms with van der Waals surface area (Å²) in [5.41, 5.74) is 2.21. The van der Waals surface area contributed by atoms with Gasteiger partial charge in [0.05, 0.1) is 21.3 Å². The zero-order valence-electron chi connectivity index (χ0n) is 11.6. The molecule has 2 aromatic rings. The van der Waals surface area contributed by atoms with Crippen molar-refractivity contribution in [3.63, 3.8) is 0 Å². The van der Waals surface area contributed by atoms with Crippen LogP contribution >= 0.6 is 22.7 Å². The summed E-state index contributed by atoms with van der Waals surface area (Å²) < 4.78 is 0. The Balaban J connectivity index is 1.81. The first-order chi connectivity index (χ1) is 9.17. The molecule has 102 valence electrons. The van der Waals surface area contributed by atoms with E-state index in [0.29, 0.717) is 6.04 Å². The standard InChI is InChI=1S/C14H19N3S2/c1-4-8(2)15-14-17-11(7-18-14)12-9(3)16-13(19-12)10-5-6-10/h7-8,10H,4-6H2,1-3H3,(H,15,17). The minimum atomic E-state index is 0.476. The molecular formula is C14H19N3S2. The van der Waals surface area contributed by atoms with E-state index in [9.17, 15) is 0 Å². The molecule has 0 radical (unpaired) electrons. The molecule has 1 aliphatic rings. The summed E-state index contributed by atoms with van der Waals surface area (Å²) in [4.78, 5) is 10.6. The first kappa shape index (κ1) is 13.1. The van der Waals surface area contributed by atoms with Crippen molar-refractivity contribution < 1.29 is 0 Å². The van der Waals surface area contributed by atoms with Gasteiger partial charge in [0.25, 0.3) is 0 Å². The molecule has 2 heterocycles. The van der Waals surface area contributed by atoms with Crippen molar-refractivity contribution in [3.8, 4) is 10.6 Å². The minimum Gasteiger partial charge on any atom is -0.359 e. The Morgan fingerprint density at radius 2 is 2.21 bits per heavy atom. The van der Waals surface area contributed by atoms with Gasteiger partial charge in [0.2, 0.25) is 0 Å². The summed E-state index contributed by atoms with van der Waals surface area (Å²) in [6.45, 7) is 6.46. The van der Waals surface area contributed by atoms with Crippen molar-refractivity contribution >= 4 is 27.8 Å². The van der Waals surface area contributed by atoms with Crippen molar-refractivity contribution in [3.05, 3.63) is 16.1 Å². The topological polar surface area (TPSA) is 37.8 Å². The number of rotatable bonds is 5. The van der Waals surface area contributed by atoms with Crippen molar-refractivity contribution in [1.82, 2.24) is 9.97 Å². The van der Waals surface area contributed by atoms with E-state index in [-0.39, 0.29) is 0 Å². The predicted molar refractivity (Wildman–Crippen MR) is 83.3 cm³/mol. The SMILES string of the molecule is CCC(C)Nc1nc(-c2sc(C3CC3)nc2C)cs1. The van der Waals surface area contributed by atoms with Crippen LogP contribution in [0.2, 0.25) is 0 Å². The Morgan fingerprint density at radius 3 is 2.89 bits per heavy atom. The lowest BCUT2D eigenvalue weighted by Crippen LogP contribution is -2.12. The lowest BCUT2D eigenvalue weighted by molar-refractivity contribution is 0.763. The van der Waals surface area contributed by atoms with Gasteiger partial charge < -0.3 is 5.32 Å². The Labute approximate surface area is 122 Å². The highest BCUT2D eigenvalue weighted by molar-refractivity contribution is 7.17. The second kappa shape index (κ2) is 5.21. The zero-order chi connectivity index (χ0) is 13.4. The minimum absolute atomic E-state index is 0.476. The second-order valence-corrected chi connectivity index (χ2v) is 7.12. The van der Waals surface area contributed by atoms with Gasteiger partial charge in [0, 0.05) is 17.3 Å². The first-order valence-corrected chi connectivity index (χ1v) is 8.56. The molecule has 5 heteroatoms. The van der Waals surface area contributed by atoms with E-state index < -0.39 is 0 Å². The molecule has 0 amide bonds. The van der Waals surface area contributed by atoms with Gasteiger partial charge in [-0.2, -0.15) is 0 Å². The molecule has 1 N–H and O–H groups in total. The number of anilines is 1. The van der Waals surface area contributed by atoms with Gasteiger partial charge in [-0.05, 0) is 33.1 Å². The summed E-state index contributed by atoms with van der Waals surface area (Å²) in [5, 5.41) is 7.90. The monoisotopic (exact) mass is 293 g/mol. The number of nitrogens with zero attached hydrogens (tertiary/aromatic N) is 2. The fourth-order valence-electron chi connectivity index (χ4n) is 1.92. The molecule has 3 nitrogen and oxygen atoms in total. The molecule has 1 unspecified atom stereocenters. The summed E-state index contributed by atoms with van der Waals surface area (Å²) in [6.07, 6.45) is 3.73. The van der Waals surface area contributed by atoms with Gasteiger partial charge >= 0.3 is 0 Å². The van der Waals surface area contributed by atoms with Crippen LogP contribution in [-0.4, -0.2) is 16.0 Å². The molecule has 1 saturated carbocycles. The quantitative estimate of drug-likeness (QED) is 0.871. The van der Waals surface area contributed by atoms with Gasteiger partial charge in [-0.1, -0.05) is 6.92 Å². The van der Waals surface area contributed by atoms with Gasteiger partial charge in [0.15, 0.2) is 5.13 Å². The van der Waals surface area contributed by atoms with Crippen LogP contribution in [0.25, 0.3) is 10.6 Å². The molecule has 1 atom stereocenters. The van der Waals surface area contributed by atoms with Crippen LogP contribution in [0.3, 0.4) is 0 Å². The van der Waals surface area contributed by atoms with Crippen molar-refractivity contribution in [2.45, 2.75) is 52.0 Å². The number of thiazole rings is 2. The molecule has 0 spiro atoms. The molecule has 1 fully saturated rings. The maximum Gasteiger partial charge on any atom is 0.183 e. The third-order valence-electron chi connectivity index (χ3n) is 3.46. The first-order valence-electron chi connectivity index (χ1n) is 6.87. The van der Waals surface area contributed by atoms with Crippen molar-refractivity contribution in [2.75, 3.05) is 5.32 Å². The summed E-state index contributed by atoms with van der Waals surface area (Å²) in [7, 11) is 0. The van der Waals surface area contributed by atoms with Crippen LogP contribution in [0.4, 0.5) is 5.13 Å². The predicted octanol–water partition coefficient (Wildman–Crippen LogP) is 4.66. The number of hydrogen-bond donors (Lipinski definition) is 1. The van der Waals surface area contributed by atoms with Crippen LogP contribution in [0.1, 0.15) is 49.7 Å². The highest BCUT2D eigenvalue weighted by Gasteiger charge is 2.28. The summed E-state index contributed by atoms with van der Waals surface area (Å²) >= 11 is 3.51. The Kier molecular flexibility index (Phi) is 3.58. The summed E-state index contributed by atoms with van der Waals surface area (Å²) in [5.74, 6) is 0.730.